The number of imidazole rings is 1. The van der Waals surface area contributed by atoms with Gasteiger partial charge in [-0.25, -0.2) is 13.9 Å². The summed E-state index contributed by atoms with van der Waals surface area (Å²) < 4.78 is 15.1. The number of nitrogens with one attached hydrogen (secondary N) is 1. The minimum Gasteiger partial charge on any atom is -0.356 e. The number of aromatic nitrogens is 4. The molecular weight excluding hydrogens is 349 g/mol. The van der Waals surface area contributed by atoms with Crippen molar-refractivity contribution in [3.63, 3.8) is 0 Å². The summed E-state index contributed by atoms with van der Waals surface area (Å²) in [4.78, 5) is 9.10. The van der Waals surface area contributed by atoms with Crippen LogP contribution in [0.2, 0.25) is 5.02 Å². The first-order valence-electron chi connectivity index (χ1n) is 7.13. The summed E-state index contributed by atoms with van der Waals surface area (Å²) in [7, 11) is 0. The fourth-order valence-electron chi connectivity index (χ4n) is 2.29. The van der Waals surface area contributed by atoms with Gasteiger partial charge in [-0.1, -0.05) is 22.9 Å². The van der Waals surface area contributed by atoms with E-state index >= 15 is 0 Å². The number of anilines is 1. The highest BCUT2D eigenvalue weighted by Crippen LogP contribution is 2.28. The van der Waals surface area contributed by atoms with Gasteiger partial charge >= 0.3 is 0 Å². The van der Waals surface area contributed by atoms with Crippen LogP contribution in [-0.2, 0) is 6.54 Å². The standard InChI is InChI=1S/C16H11ClFN5S/c17-12-7-11(1-2-13(12)18)14-9-21-16-23(14)22-15(24-16)20-8-10-3-5-19-6-4-10/h1-7,9H,8H2,(H,20,22). The zero-order valence-electron chi connectivity index (χ0n) is 12.3. The molecule has 0 atom stereocenters. The lowest BCUT2D eigenvalue weighted by Crippen LogP contribution is -2.00. The van der Waals surface area contributed by atoms with Gasteiger partial charge in [0.25, 0.3) is 0 Å². The molecule has 0 bridgehead atoms. The van der Waals surface area contributed by atoms with Crippen molar-refractivity contribution in [1.29, 1.82) is 0 Å². The van der Waals surface area contributed by atoms with Crippen LogP contribution in [0.25, 0.3) is 16.2 Å². The molecule has 5 nitrogen and oxygen atoms in total. The normalized spacial score (nSPS) is 11.1. The molecular formula is C16H11ClFN5S. The van der Waals surface area contributed by atoms with E-state index in [0.717, 1.165) is 26.9 Å². The minimum atomic E-state index is -0.445. The predicted octanol–water partition coefficient (Wildman–Crippen LogP) is 4.26. The summed E-state index contributed by atoms with van der Waals surface area (Å²) in [5.74, 6) is -0.445. The van der Waals surface area contributed by atoms with E-state index in [0.29, 0.717) is 6.54 Å². The highest BCUT2D eigenvalue weighted by molar-refractivity contribution is 7.20. The number of benzene rings is 1. The molecule has 24 heavy (non-hydrogen) atoms. The number of nitrogens with zero attached hydrogens (tertiary/aromatic N) is 4. The molecule has 0 amide bonds. The van der Waals surface area contributed by atoms with Gasteiger partial charge in [-0.05, 0) is 35.9 Å². The topological polar surface area (TPSA) is 55.1 Å². The average Bonchev–Trinajstić information content (AvgIpc) is 3.17. The molecule has 0 saturated carbocycles. The lowest BCUT2D eigenvalue weighted by Gasteiger charge is -2.02. The van der Waals surface area contributed by atoms with Crippen molar-refractivity contribution in [2.45, 2.75) is 6.54 Å². The van der Waals surface area contributed by atoms with Crippen LogP contribution in [0.3, 0.4) is 0 Å². The molecule has 3 aromatic heterocycles. The highest BCUT2D eigenvalue weighted by atomic mass is 35.5. The lowest BCUT2D eigenvalue weighted by molar-refractivity contribution is 0.628. The van der Waals surface area contributed by atoms with Gasteiger partial charge in [0.2, 0.25) is 10.1 Å². The van der Waals surface area contributed by atoms with Crippen molar-refractivity contribution >= 4 is 33.0 Å². The summed E-state index contributed by atoms with van der Waals surface area (Å²) in [6, 6.07) is 8.46. The third-order valence-corrected chi connectivity index (χ3v) is 4.66. The minimum absolute atomic E-state index is 0.0775. The molecule has 4 aromatic rings. The fourth-order valence-corrected chi connectivity index (χ4v) is 3.25. The van der Waals surface area contributed by atoms with Crippen LogP contribution in [-0.4, -0.2) is 19.6 Å². The van der Waals surface area contributed by atoms with Crippen molar-refractivity contribution < 1.29 is 4.39 Å². The summed E-state index contributed by atoms with van der Waals surface area (Å²) in [5, 5.41) is 8.63. The molecule has 0 radical (unpaired) electrons. The van der Waals surface area contributed by atoms with E-state index in [4.69, 9.17) is 11.6 Å². The molecule has 0 spiro atoms. The van der Waals surface area contributed by atoms with E-state index in [9.17, 15) is 4.39 Å². The first-order chi connectivity index (χ1) is 11.7. The van der Waals surface area contributed by atoms with Crippen molar-refractivity contribution in [3.05, 3.63) is 65.3 Å². The predicted molar refractivity (Wildman–Crippen MR) is 92.8 cm³/mol. The monoisotopic (exact) mass is 359 g/mol. The SMILES string of the molecule is Fc1ccc(-c2cnc3sc(NCc4ccncc4)nn23)cc1Cl. The Hall–Kier alpha value is -2.51. The van der Waals surface area contributed by atoms with Gasteiger partial charge in [0, 0.05) is 24.5 Å². The second-order valence-electron chi connectivity index (χ2n) is 5.08. The number of hydrogen-bond donors (Lipinski definition) is 1. The van der Waals surface area contributed by atoms with Gasteiger partial charge in [0.1, 0.15) is 5.82 Å². The maximum Gasteiger partial charge on any atom is 0.214 e. The maximum absolute atomic E-state index is 13.3. The Morgan fingerprint density at radius 1 is 1.21 bits per heavy atom. The molecule has 0 aliphatic rings. The molecule has 120 valence electrons. The Balaban J connectivity index is 1.62. The van der Waals surface area contributed by atoms with Crippen LogP contribution in [0.5, 0.6) is 0 Å². The van der Waals surface area contributed by atoms with E-state index in [2.05, 4.69) is 20.4 Å². The third-order valence-electron chi connectivity index (χ3n) is 3.49. The summed E-state index contributed by atoms with van der Waals surface area (Å²) >= 11 is 7.31. The fraction of sp³-hybridized carbons (Fsp3) is 0.0625. The van der Waals surface area contributed by atoms with Crippen molar-refractivity contribution in [2.75, 3.05) is 5.32 Å². The van der Waals surface area contributed by atoms with Crippen molar-refractivity contribution in [1.82, 2.24) is 19.6 Å². The molecule has 3 heterocycles. The second-order valence-corrected chi connectivity index (χ2v) is 6.45. The van der Waals surface area contributed by atoms with Gasteiger partial charge in [-0.15, -0.1) is 5.10 Å². The highest BCUT2D eigenvalue weighted by Gasteiger charge is 2.12. The Bertz CT molecular complexity index is 998. The quantitative estimate of drug-likeness (QED) is 0.591. The summed E-state index contributed by atoms with van der Waals surface area (Å²) in [6.07, 6.45) is 5.21. The van der Waals surface area contributed by atoms with Gasteiger partial charge in [-0.2, -0.15) is 0 Å². The number of hydrogen-bond acceptors (Lipinski definition) is 5. The molecule has 1 aromatic carbocycles. The van der Waals surface area contributed by atoms with Crippen molar-refractivity contribution in [3.8, 4) is 11.3 Å². The van der Waals surface area contributed by atoms with E-state index in [1.165, 1.54) is 17.4 Å². The number of halogens is 2. The molecule has 0 fully saturated rings. The maximum atomic E-state index is 13.3. The van der Waals surface area contributed by atoms with Crippen LogP contribution in [0.4, 0.5) is 9.52 Å². The summed E-state index contributed by atoms with van der Waals surface area (Å²) in [5.41, 5.74) is 2.64. The number of pyridine rings is 1. The Labute approximate surface area is 145 Å². The van der Waals surface area contributed by atoms with Gasteiger partial charge < -0.3 is 5.32 Å². The smallest absolute Gasteiger partial charge is 0.214 e. The average molecular weight is 360 g/mol. The van der Waals surface area contributed by atoms with Gasteiger partial charge in [0.15, 0.2) is 0 Å². The molecule has 0 aliphatic heterocycles. The van der Waals surface area contributed by atoms with Crippen molar-refractivity contribution in [2.24, 2.45) is 0 Å². The van der Waals surface area contributed by atoms with Crippen LogP contribution >= 0.6 is 22.9 Å². The number of rotatable bonds is 4. The lowest BCUT2D eigenvalue weighted by atomic mass is 10.2. The first-order valence-corrected chi connectivity index (χ1v) is 8.33. The van der Waals surface area contributed by atoms with Crippen LogP contribution in [0.15, 0.2) is 48.9 Å². The van der Waals surface area contributed by atoms with Gasteiger partial charge in [-0.3, -0.25) is 4.98 Å². The molecule has 8 heteroatoms. The number of fused-ring (bicyclic) bond motifs is 1. The zero-order chi connectivity index (χ0) is 16.5. The van der Waals surface area contributed by atoms with Crippen LogP contribution in [0, 0.1) is 5.82 Å². The zero-order valence-corrected chi connectivity index (χ0v) is 13.9. The Kier molecular flexibility index (Phi) is 3.87. The molecule has 4 rings (SSSR count). The molecule has 0 unspecified atom stereocenters. The molecule has 1 N–H and O–H groups in total. The summed E-state index contributed by atoms with van der Waals surface area (Å²) in [6.45, 7) is 0.650. The first kappa shape index (κ1) is 15.0. The third kappa shape index (κ3) is 2.83. The Morgan fingerprint density at radius 2 is 2.04 bits per heavy atom. The van der Waals surface area contributed by atoms with Crippen LogP contribution < -0.4 is 5.32 Å². The van der Waals surface area contributed by atoms with Crippen LogP contribution in [0.1, 0.15) is 5.56 Å². The Morgan fingerprint density at radius 3 is 2.83 bits per heavy atom. The van der Waals surface area contributed by atoms with Gasteiger partial charge in [0.05, 0.1) is 16.9 Å². The molecule has 0 aliphatic carbocycles. The van der Waals surface area contributed by atoms with E-state index in [1.807, 2.05) is 12.1 Å². The van der Waals surface area contributed by atoms with E-state index in [-0.39, 0.29) is 5.02 Å². The van der Waals surface area contributed by atoms with E-state index in [1.54, 1.807) is 35.2 Å². The van der Waals surface area contributed by atoms with E-state index < -0.39 is 5.82 Å². The largest absolute Gasteiger partial charge is 0.356 e. The molecule has 0 saturated heterocycles. The second kappa shape index (κ2) is 6.18.